The van der Waals surface area contributed by atoms with Crippen LogP contribution in [0.1, 0.15) is 41.1 Å². The molecule has 6 heteroatoms. The van der Waals surface area contributed by atoms with Gasteiger partial charge in [0.2, 0.25) is 0 Å². The van der Waals surface area contributed by atoms with Crippen LogP contribution in [-0.2, 0) is 12.2 Å². The van der Waals surface area contributed by atoms with Crippen LogP contribution in [0.2, 0.25) is 5.02 Å². The zero-order chi connectivity index (χ0) is 22.9. The minimum Gasteiger partial charge on any atom is -0.488 e. The fourth-order valence-corrected chi connectivity index (χ4v) is 4.11. The van der Waals surface area contributed by atoms with E-state index in [1.165, 1.54) is 0 Å². The van der Waals surface area contributed by atoms with Gasteiger partial charge in [0.15, 0.2) is 5.58 Å². The van der Waals surface area contributed by atoms with E-state index in [1.54, 1.807) is 45.0 Å². The molecule has 2 N–H and O–H groups in total. The molecule has 164 valence electrons. The molecule has 3 aromatic carbocycles. The summed E-state index contributed by atoms with van der Waals surface area (Å²) in [6.45, 7) is 5.51. The molecule has 0 aliphatic heterocycles. The molecular formula is C26H24ClNO4. The van der Waals surface area contributed by atoms with Crippen molar-refractivity contribution in [2.45, 2.75) is 33.0 Å². The van der Waals surface area contributed by atoms with E-state index in [4.69, 9.17) is 20.8 Å². The molecule has 0 radical (unpaired) electrons. The van der Waals surface area contributed by atoms with E-state index in [0.717, 1.165) is 10.9 Å². The van der Waals surface area contributed by atoms with E-state index < -0.39 is 11.5 Å². The van der Waals surface area contributed by atoms with E-state index in [2.05, 4.69) is 5.32 Å². The number of aryl methyl sites for hydroxylation is 1. The molecule has 1 amide bonds. The topological polar surface area (TPSA) is 71.7 Å². The van der Waals surface area contributed by atoms with Gasteiger partial charge >= 0.3 is 0 Å². The molecule has 0 saturated heterocycles. The summed E-state index contributed by atoms with van der Waals surface area (Å²) in [7, 11) is 0. The van der Waals surface area contributed by atoms with Crippen LogP contribution in [0.15, 0.2) is 71.1 Å². The Balaban J connectivity index is 1.66. The number of rotatable bonds is 6. The van der Waals surface area contributed by atoms with Crippen LogP contribution in [0.4, 0.5) is 5.69 Å². The summed E-state index contributed by atoms with van der Waals surface area (Å²) in [4.78, 5) is 13.2. The van der Waals surface area contributed by atoms with Crippen molar-refractivity contribution in [2.24, 2.45) is 0 Å². The van der Waals surface area contributed by atoms with E-state index in [1.807, 2.05) is 42.5 Å². The average molecular weight is 450 g/mol. The third kappa shape index (κ3) is 4.35. The van der Waals surface area contributed by atoms with Crippen molar-refractivity contribution in [3.8, 4) is 5.75 Å². The highest BCUT2D eigenvalue weighted by Crippen LogP contribution is 2.37. The van der Waals surface area contributed by atoms with Crippen molar-refractivity contribution in [1.82, 2.24) is 0 Å². The normalized spacial score (nSPS) is 11.5. The summed E-state index contributed by atoms with van der Waals surface area (Å²) in [5.41, 5.74) is 1.81. The van der Waals surface area contributed by atoms with Crippen LogP contribution in [0.25, 0.3) is 11.0 Å². The first kappa shape index (κ1) is 21.9. The van der Waals surface area contributed by atoms with Gasteiger partial charge in [-0.25, -0.2) is 0 Å². The maximum Gasteiger partial charge on any atom is 0.261 e. The Morgan fingerprint density at radius 1 is 1.06 bits per heavy atom. The number of carbonyl (C=O) groups excluding carboxylic acids is 1. The van der Waals surface area contributed by atoms with Crippen LogP contribution in [0.5, 0.6) is 5.75 Å². The number of furan rings is 1. The second-order valence-electron chi connectivity index (χ2n) is 8.12. The summed E-state index contributed by atoms with van der Waals surface area (Å²) in [6, 6.07) is 20.2. The molecule has 32 heavy (non-hydrogen) atoms. The molecule has 0 aliphatic carbocycles. The number of aliphatic hydroxyl groups is 1. The third-order valence-electron chi connectivity index (χ3n) is 5.19. The zero-order valence-electron chi connectivity index (χ0n) is 18.1. The maximum absolute atomic E-state index is 13.2. The van der Waals surface area contributed by atoms with Crippen LogP contribution >= 0.6 is 11.6 Å². The summed E-state index contributed by atoms with van der Waals surface area (Å²) in [5.74, 6) is 0.572. The maximum atomic E-state index is 13.2. The van der Waals surface area contributed by atoms with Gasteiger partial charge in [0.25, 0.3) is 5.91 Å². The number of ether oxygens (including phenoxy) is 1. The van der Waals surface area contributed by atoms with Crippen molar-refractivity contribution >= 4 is 34.2 Å². The number of benzene rings is 3. The highest BCUT2D eigenvalue weighted by molar-refractivity contribution is 6.35. The summed E-state index contributed by atoms with van der Waals surface area (Å²) >= 11 is 6.38. The summed E-state index contributed by atoms with van der Waals surface area (Å²) < 4.78 is 11.8. The number of para-hydroxylation sites is 1. The Morgan fingerprint density at radius 3 is 2.50 bits per heavy atom. The van der Waals surface area contributed by atoms with Gasteiger partial charge in [-0.15, -0.1) is 0 Å². The first-order valence-electron chi connectivity index (χ1n) is 10.3. The van der Waals surface area contributed by atoms with Gasteiger partial charge in [-0.1, -0.05) is 60.1 Å². The summed E-state index contributed by atoms with van der Waals surface area (Å²) in [5, 5.41) is 14.5. The molecule has 0 aliphatic rings. The van der Waals surface area contributed by atoms with Crippen molar-refractivity contribution in [3.05, 3.63) is 94.2 Å². The van der Waals surface area contributed by atoms with Crippen LogP contribution < -0.4 is 10.1 Å². The Hall–Kier alpha value is -3.28. The molecule has 4 rings (SSSR count). The van der Waals surface area contributed by atoms with Crippen LogP contribution in [0.3, 0.4) is 0 Å². The van der Waals surface area contributed by atoms with E-state index in [9.17, 15) is 9.90 Å². The fourth-order valence-electron chi connectivity index (χ4n) is 3.86. The highest BCUT2D eigenvalue weighted by atomic mass is 35.5. The molecule has 0 spiro atoms. The summed E-state index contributed by atoms with van der Waals surface area (Å²) in [6.07, 6.45) is 0. The molecule has 0 fully saturated rings. The second kappa shape index (κ2) is 8.69. The van der Waals surface area contributed by atoms with Crippen LogP contribution in [-0.4, -0.2) is 11.0 Å². The minimum absolute atomic E-state index is 0.244. The van der Waals surface area contributed by atoms with Gasteiger partial charge in [0.1, 0.15) is 23.7 Å². The lowest BCUT2D eigenvalue weighted by Crippen LogP contribution is -2.16. The lowest BCUT2D eigenvalue weighted by molar-refractivity contribution is 0.0783. The average Bonchev–Trinajstić information content (AvgIpc) is 3.10. The fraction of sp³-hybridized carbons (Fsp3) is 0.192. The van der Waals surface area contributed by atoms with Crippen molar-refractivity contribution in [3.63, 3.8) is 0 Å². The Morgan fingerprint density at radius 2 is 1.78 bits per heavy atom. The zero-order valence-corrected chi connectivity index (χ0v) is 18.9. The van der Waals surface area contributed by atoms with Gasteiger partial charge in [-0.2, -0.15) is 0 Å². The number of fused-ring (bicyclic) bond motifs is 1. The molecular weight excluding hydrogens is 426 g/mol. The first-order valence-corrected chi connectivity index (χ1v) is 10.6. The van der Waals surface area contributed by atoms with Gasteiger partial charge in [0, 0.05) is 10.9 Å². The van der Waals surface area contributed by atoms with E-state index in [0.29, 0.717) is 35.0 Å². The molecule has 0 unspecified atom stereocenters. The molecule has 1 heterocycles. The number of anilines is 1. The van der Waals surface area contributed by atoms with Crippen molar-refractivity contribution < 1.29 is 19.1 Å². The molecule has 0 atom stereocenters. The number of halogens is 1. The highest BCUT2D eigenvalue weighted by Gasteiger charge is 2.27. The number of carbonyl (C=O) groups is 1. The number of amides is 1. The SMILES string of the molecule is Cc1oc2c(NC(=O)c3c(Cl)cccc3OCc3ccccc3)cccc2c1C(C)(C)O. The lowest BCUT2D eigenvalue weighted by Gasteiger charge is -2.17. The third-order valence-corrected chi connectivity index (χ3v) is 5.51. The minimum atomic E-state index is -1.08. The largest absolute Gasteiger partial charge is 0.488 e. The van der Waals surface area contributed by atoms with Gasteiger partial charge in [0.05, 0.1) is 16.3 Å². The number of nitrogens with one attached hydrogen (secondary N) is 1. The first-order chi connectivity index (χ1) is 15.3. The number of hydrogen-bond acceptors (Lipinski definition) is 4. The monoisotopic (exact) mass is 449 g/mol. The Kier molecular flexibility index (Phi) is 5.96. The van der Waals surface area contributed by atoms with Gasteiger partial charge in [-0.05, 0) is 44.5 Å². The standard InChI is InChI=1S/C26H24ClNO4/c1-16-23(26(2,3)30)18-11-7-13-20(24(18)32-16)28-25(29)22-19(27)12-8-14-21(22)31-15-17-9-5-4-6-10-17/h4-14,30H,15H2,1-3H3,(H,28,29). The molecule has 0 saturated carbocycles. The molecule has 5 nitrogen and oxygen atoms in total. The van der Waals surface area contributed by atoms with E-state index >= 15 is 0 Å². The van der Waals surface area contributed by atoms with Crippen molar-refractivity contribution in [2.75, 3.05) is 5.32 Å². The predicted molar refractivity (Wildman–Crippen MR) is 126 cm³/mol. The van der Waals surface area contributed by atoms with E-state index in [-0.39, 0.29) is 10.6 Å². The predicted octanol–water partition coefficient (Wildman–Crippen LogP) is 6.45. The van der Waals surface area contributed by atoms with Gasteiger partial charge < -0.3 is 19.6 Å². The van der Waals surface area contributed by atoms with Gasteiger partial charge in [-0.3, -0.25) is 4.79 Å². The number of hydrogen-bond donors (Lipinski definition) is 2. The van der Waals surface area contributed by atoms with Crippen LogP contribution in [0, 0.1) is 6.92 Å². The van der Waals surface area contributed by atoms with Crippen molar-refractivity contribution in [1.29, 1.82) is 0 Å². The Labute approximate surface area is 191 Å². The quantitative estimate of drug-likeness (QED) is 0.354. The molecule has 0 bridgehead atoms. The lowest BCUT2D eigenvalue weighted by atomic mass is 9.95. The Bertz CT molecular complexity index is 1270. The second-order valence-corrected chi connectivity index (χ2v) is 8.52. The smallest absolute Gasteiger partial charge is 0.261 e. The molecule has 1 aromatic heterocycles. The molecule has 4 aromatic rings.